The molecule has 1 aromatic carbocycles. The van der Waals surface area contributed by atoms with Crippen LogP contribution in [0.2, 0.25) is 0 Å². The van der Waals surface area contributed by atoms with Gasteiger partial charge >= 0.3 is 0 Å². The van der Waals surface area contributed by atoms with Crippen molar-refractivity contribution in [3.8, 4) is 28.8 Å². The third kappa shape index (κ3) is 4.84. The second-order valence-electron chi connectivity index (χ2n) is 8.27. The van der Waals surface area contributed by atoms with Gasteiger partial charge in [0.25, 0.3) is 0 Å². The molecular formula is C23H25FN6O6S. The van der Waals surface area contributed by atoms with Crippen molar-refractivity contribution in [2.75, 3.05) is 18.9 Å². The summed E-state index contributed by atoms with van der Waals surface area (Å²) in [5, 5.41) is 17.7. The topological polar surface area (TPSA) is 154 Å². The maximum absolute atomic E-state index is 13.5. The lowest BCUT2D eigenvalue weighted by molar-refractivity contribution is 0.0469. The van der Waals surface area contributed by atoms with Crippen LogP contribution in [0.4, 0.5) is 10.3 Å². The molecule has 3 heterocycles. The van der Waals surface area contributed by atoms with Crippen molar-refractivity contribution in [2.24, 2.45) is 0 Å². The quantitative estimate of drug-likeness (QED) is 0.329. The summed E-state index contributed by atoms with van der Waals surface area (Å²) in [6.07, 6.45) is 1.68. The van der Waals surface area contributed by atoms with Crippen LogP contribution in [-0.2, 0) is 15.6 Å². The zero-order valence-electron chi connectivity index (χ0n) is 20.6. The molecule has 0 spiro atoms. The van der Waals surface area contributed by atoms with Gasteiger partial charge in [-0.15, -0.1) is 10.2 Å². The number of hydrogen-bond donors (Lipinski definition) is 2. The van der Waals surface area contributed by atoms with Crippen LogP contribution in [0, 0.1) is 12.7 Å². The molecule has 2 N–H and O–H groups in total. The van der Waals surface area contributed by atoms with Gasteiger partial charge in [-0.05, 0) is 45.0 Å². The fraction of sp³-hybridized carbons (Fsp3) is 0.304. The highest BCUT2D eigenvalue weighted by atomic mass is 32.2. The smallest absolute Gasteiger partial charge is 0.243 e. The number of aliphatic hydroxyl groups is 1. The Balaban J connectivity index is 1.84. The predicted octanol–water partition coefficient (Wildman–Crippen LogP) is 2.82. The zero-order chi connectivity index (χ0) is 27.0. The minimum absolute atomic E-state index is 0.162. The molecule has 0 radical (unpaired) electrons. The highest BCUT2D eigenvalue weighted by Crippen LogP contribution is 2.38. The summed E-state index contributed by atoms with van der Waals surface area (Å²) in [4.78, 5) is 7.48. The molecule has 0 unspecified atom stereocenters. The lowest BCUT2D eigenvalue weighted by atomic mass is 10.0. The molecule has 0 fully saturated rings. The molecule has 37 heavy (non-hydrogen) atoms. The van der Waals surface area contributed by atoms with Gasteiger partial charge in [0, 0.05) is 0 Å². The van der Waals surface area contributed by atoms with Crippen LogP contribution in [0.25, 0.3) is 17.3 Å². The summed E-state index contributed by atoms with van der Waals surface area (Å²) >= 11 is 0. The van der Waals surface area contributed by atoms with Crippen LogP contribution in [0.15, 0.2) is 47.1 Å². The van der Waals surface area contributed by atoms with Crippen molar-refractivity contribution < 1.29 is 31.8 Å². The monoisotopic (exact) mass is 532 g/mol. The second kappa shape index (κ2) is 9.78. The molecule has 2 atom stereocenters. The molecule has 0 bridgehead atoms. The van der Waals surface area contributed by atoms with E-state index in [1.165, 1.54) is 32.6 Å². The Kier molecular flexibility index (Phi) is 6.88. The fourth-order valence-corrected chi connectivity index (χ4v) is 4.87. The number of methoxy groups -OCH3 is 2. The summed E-state index contributed by atoms with van der Waals surface area (Å²) in [7, 11) is -1.47. The number of rotatable bonds is 9. The van der Waals surface area contributed by atoms with Gasteiger partial charge in [-0.1, -0.05) is 6.07 Å². The lowest BCUT2D eigenvalue weighted by Crippen LogP contribution is -2.44. The number of halogens is 1. The van der Waals surface area contributed by atoms with E-state index >= 15 is 0 Å². The predicted molar refractivity (Wildman–Crippen MR) is 130 cm³/mol. The van der Waals surface area contributed by atoms with Crippen LogP contribution in [0.3, 0.4) is 0 Å². The van der Waals surface area contributed by atoms with Crippen LogP contribution in [-0.4, -0.2) is 57.7 Å². The summed E-state index contributed by atoms with van der Waals surface area (Å²) < 4.78 is 60.7. The summed E-state index contributed by atoms with van der Waals surface area (Å²) in [5.41, 5.74) is -1.78. The van der Waals surface area contributed by atoms with Gasteiger partial charge in [0.05, 0.1) is 26.6 Å². The Morgan fingerprint density at radius 1 is 1.11 bits per heavy atom. The van der Waals surface area contributed by atoms with Gasteiger partial charge in [0.2, 0.25) is 21.8 Å². The van der Waals surface area contributed by atoms with Crippen molar-refractivity contribution in [2.45, 2.75) is 31.6 Å². The Labute approximate surface area is 212 Å². The number of aromatic nitrogens is 5. The summed E-state index contributed by atoms with van der Waals surface area (Å²) in [6, 6.07) is 8.40. The van der Waals surface area contributed by atoms with Gasteiger partial charge in [-0.3, -0.25) is 9.29 Å². The van der Waals surface area contributed by atoms with Crippen molar-refractivity contribution in [1.82, 2.24) is 24.7 Å². The van der Waals surface area contributed by atoms with Crippen LogP contribution in [0.1, 0.15) is 25.4 Å². The molecule has 4 rings (SSSR count). The van der Waals surface area contributed by atoms with Crippen LogP contribution < -0.4 is 14.2 Å². The van der Waals surface area contributed by atoms with E-state index < -0.39 is 26.7 Å². The molecule has 4 aromatic rings. The molecule has 0 aliphatic heterocycles. The van der Waals surface area contributed by atoms with E-state index in [0.717, 1.165) is 12.4 Å². The van der Waals surface area contributed by atoms with Crippen LogP contribution in [0.5, 0.6) is 11.5 Å². The van der Waals surface area contributed by atoms with E-state index in [-0.39, 0.29) is 17.6 Å². The molecule has 0 aliphatic rings. The molecule has 12 nitrogen and oxygen atoms in total. The van der Waals surface area contributed by atoms with E-state index in [1.54, 1.807) is 37.3 Å². The number of nitrogens with zero attached hydrogens (tertiary/aromatic N) is 5. The van der Waals surface area contributed by atoms with Gasteiger partial charge in [-0.2, -0.15) is 0 Å². The van der Waals surface area contributed by atoms with Crippen LogP contribution >= 0.6 is 0 Å². The van der Waals surface area contributed by atoms with E-state index in [2.05, 4.69) is 24.9 Å². The first-order chi connectivity index (χ1) is 17.5. The number of anilines is 1. The Bertz CT molecular complexity index is 1490. The Morgan fingerprint density at radius 3 is 2.27 bits per heavy atom. The standard InChI is InChI=1S/C23H25FN6O6S/c1-13-9-10-18(36-13)20-27-28-22(30(20)19-16(34-4)7-6-8-17(19)35-5)29-37(32,33)14(2)23(3,31)21-25-11-15(24)12-26-21/h6-12,14,31H,1-5H3,(H,28,29)/t14-,23-/m1/s1. The highest BCUT2D eigenvalue weighted by molar-refractivity contribution is 7.93. The minimum Gasteiger partial charge on any atom is -0.494 e. The molecule has 0 saturated heterocycles. The number of aryl methyl sites for hydroxylation is 1. The molecule has 14 heteroatoms. The number of hydrogen-bond acceptors (Lipinski definition) is 10. The SMILES string of the molecule is COc1cccc(OC)c1-n1c(NS(=O)(=O)[C@H](C)[C@@](C)(O)c2ncc(F)cn2)nnc1-c1ccc(C)o1. The Morgan fingerprint density at radius 2 is 1.73 bits per heavy atom. The van der Waals surface area contributed by atoms with Gasteiger partial charge < -0.3 is 19.0 Å². The number of ether oxygens (including phenoxy) is 2. The molecular weight excluding hydrogens is 507 g/mol. The van der Waals surface area contributed by atoms with Crippen molar-refractivity contribution >= 4 is 16.0 Å². The fourth-order valence-electron chi connectivity index (χ4n) is 3.60. The number of para-hydroxylation sites is 1. The minimum atomic E-state index is -4.37. The lowest BCUT2D eigenvalue weighted by Gasteiger charge is -2.28. The first-order valence-corrected chi connectivity index (χ1v) is 12.5. The average molecular weight is 533 g/mol. The summed E-state index contributed by atoms with van der Waals surface area (Å²) in [6.45, 7) is 4.23. The third-order valence-corrected chi connectivity index (χ3v) is 7.67. The van der Waals surface area contributed by atoms with E-state index in [1.807, 2.05) is 0 Å². The van der Waals surface area contributed by atoms with E-state index in [0.29, 0.717) is 28.7 Å². The van der Waals surface area contributed by atoms with E-state index in [4.69, 9.17) is 13.9 Å². The third-order valence-electron chi connectivity index (χ3n) is 5.81. The second-order valence-corrected chi connectivity index (χ2v) is 10.3. The maximum Gasteiger partial charge on any atom is 0.243 e. The zero-order valence-corrected chi connectivity index (χ0v) is 21.4. The number of nitrogens with one attached hydrogen (secondary N) is 1. The maximum atomic E-state index is 13.5. The largest absolute Gasteiger partial charge is 0.494 e. The number of benzene rings is 1. The number of furan rings is 1. The van der Waals surface area contributed by atoms with E-state index in [9.17, 15) is 17.9 Å². The Hall–Kier alpha value is -4.04. The first-order valence-electron chi connectivity index (χ1n) is 10.9. The van der Waals surface area contributed by atoms with Crippen molar-refractivity contribution in [1.29, 1.82) is 0 Å². The molecule has 3 aromatic heterocycles. The molecule has 0 saturated carbocycles. The van der Waals surface area contributed by atoms with Crippen molar-refractivity contribution in [3.05, 3.63) is 60.1 Å². The summed E-state index contributed by atoms with van der Waals surface area (Å²) in [5.74, 6) is 0.516. The van der Waals surface area contributed by atoms with Gasteiger partial charge in [0.15, 0.2) is 17.4 Å². The molecule has 196 valence electrons. The van der Waals surface area contributed by atoms with Crippen molar-refractivity contribution in [3.63, 3.8) is 0 Å². The number of sulfonamides is 1. The normalized spacial score (nSPS) is 14.1. The molecule has 0 amide bonds. The van der Waals surface area contributed by atoms with Gasteiger partial charge in [0.1, 0.15) is 33.8 Å². The average Bonchev–Trinajstić information content (AvgIpc) is 3.48. The first kappa shape index (κ1) is 26.0. The molecule has 0 aliphatic carbocycles. The highest BCUT2D eigenvalue weighted by Gasteiger charge is 2.43. The van der Waals surface area contributed by atoms with Gasteiger partial charge in [-0.25, -0.2) is 22.8 Å².